The van der Waals surface area contributed by atoms with E-state index in [0.717, 1.165) is 10.6 Å². The zero-order chi connectivity index (χ0) is 28.5. The lowest BCUT2D eigenvalue weighted by atomic mass is 9.84. The molecule has 0 radical (unpaired) electrons. The Kier molecular flexibility index (Phi) is 5.85. The lowest BCUT2D eigenvalue weighted by Crippen LogP contribution is -2.53. The second-order valence-corrected chi connectivity index (χ2v) is 12.1. The fourth-order valence-corrected chi connectivity index (χ4v) is 7.03. The van der Waals surface area contributed by atoms with E-state index >= 15 is 0 Å². The van der Waals surface area contributed by atoms with Crippen molar-refractivity contribution in [3.05, 3.63) is 116 Å². The van der Waals surface area contributed by atoms with Gasteiger partial charge in [-0.3, -0.25) is 19.3 Å². The third kappa shape index (κ3) is 3.69. The van der Waals surface area contributed by atoms with Gasteiger partial charge in [0.25, 0.3) is 11.8 Å². The summed E-state index contributed by atoms with van der Waals surface area (Å²) in [6.45, 7) is 4.34. The van der Waals surface area contributed by atoms with Crippen molar-refractivity contribution < 1.29 is 14.0 Å². The maximum atomic E-state index is 14.9. The van der Waals surface area contributed by atoms with E-state index in [1.54, 1.807) is 53.4 Å². The molecule has 0 saturated carbocycles. The van der Waals surface area contributed by atoms with E-state index in [2.05, 4.69) is 24.0 Å². The van der Waals surface area contributed by atoms with E-state index < -0.39 is 22.8 Å². The summed E-state index contributed by atoms with van der Waals surface area (Å²) < 4.78 is 6.12. The van der Waals surface area contributed by atoms with Crippen LogP contribution >= 0.6 is 22.9 Å². The number of benzene rings is 3. The Morgan fingerprint density at radius 1 is 0.951 bits per heavy atom. The highest BCUT2D eigenvalue weighted by Gasteiger charge is 2.66. The minimum atomic E-state index is -1.81. The topological polar surface area (TPSA) is 96.6 Å². The van der Waals surface area contributed by atoms with Crippen LogP contribution in [0.5, 0.6) is 0 Å². The third-order valence-corrected chi connectivity index (χ3v) is 8.70. The van der Waals surface area contributed by atoms with Gasteiger partial charge in [0.1, 0.15) is 10.6 Å². The predicted octanol–water partition coefficient (Wildman–Crippen LogP) is 5.95. The van der Waals surface area contributed by atoms with Crippen molar-refractivity contribution in [3.63, 3.8) is 0 Å². The number of nitrogens with zero attached hydrogens (tertiary/aromatic N) is 4. The molecule has 2 aromatic heterocycles. The van der Waals surface area contributed by atoms with Gasteiger partial charge in [-0.05, 0) is 41.8 Å². The van der Waals surface area contributed by atoms with Gasteiger partial charge in [-0.25, -0.2) is 0 Å². The van der Waals surface area contributed by atoms with Gasteiger partial charge in [-0.2, -0.15) is 0 Å². The maximum absolute atomic E-state index is 14.9. The minimum Gasteiger partial charge on any atom is -0.450 e. The smallest absolute Gasteiger partial charge is 0.297 e. The second kappa shape index (κ2) is 9.36. The highest BCUT2D eigenvalue weighted by atomic mass is 35.5. The van der Waals surface area contributed by atoms with Crippen molar-refractivity contribution in [2.24, 2.45) is 5.92 Å². The van der Waals surface area contributed by atoms with Crippen molar-refractivity contribution >= 4 is 56.5 Å². The van der Waals surface area contributed by atoms with Crippen molar-refractivity contribution in [2.75, 3.05) is 9.80 Å². The molecule has 1 atom stereocenters. The Balaban J connectivity index is 1.51. The molecular formula is C31H23ClN4O4S. The fourth-order valence-electron chi connectivity index (χ4n) is 5.81. The highest BCUT2D eigenvalue weighted by molar-refractivity contribution is 7.15. The molecule has 2 aliphatic rings. The monoisotopic (exact) mass is 582 g/mol. The van der Waals surface area contributed by atoms with Crippen LogP contribution in [0.15, 0.2) is 82.0 Å². The zero-order valence-electron chi connectivity index (χ0n) is 22.1. The molecule has 2 aliphatic heterocycles. The molecule has 3 aromatic carbocycles. The van der Waals surface area contributed by atoms with E-state index in [0.29, 0.717) is 34.0 Å². The van der Waals surface area contributed by atoms with Gasteiger partial charge >= 0.3 is 0 Å². The average molecular weight is 583 g/mol. The molecule has 8 nitrogen and oxygen atoms in total. The largest absolute Gasteiger partial charge is 0.450 e. The summed E-state index contributed by atoms with van der Waals surface area (Å²) in [5.74, 6) is -0.894. The molecule has 41 heavy (non-hydrogen) atoms. The SMILES string of the molecule is CC(C)Cc1nnc(N2C(=O)c3oc4ccccc4c(=O)c3C23C(=O)N(Cc2ccc(Cl)cc2)c2ccccc23)s1. The minimum absolute atomic E-state index is 0.00198. The van der Waals surface area contributed by atoms with Crippen LogP contribution in [0.2, 0.25) is 5.02 Å². The van der Waals surface area contributed by atoms with Crippen molar-refractivity contribution in [3.8, 4) is 0 Å². The van der Waals surface area contributed by atoms with E-state index in [-0.39, 0.29) is 28.6 Å². The van der Waals surface area contributed by atoms with Gasteiger partial charge in [0.2, 0.25) is 10.9 Å². The first-order valence-electron chi connectivity index (χ1n) is 13.2. The Morgan fingerprint density at radius 3 is 2.46 bits per heavy atom. The van der Waals surface area contributed by atoms with Crippen LogP contribution in [0.3, 0.4) is 0 Å². The van der Waals surface area contributed by atoms with Crippen molar-refractivity contribution in [1.82, 2.24) is 10.2 Å². The molecule has 5 aromatic rings. The molecule has 10 heteroatoms. The number of fused-ring (bicyclic) bond motifs is 5. The van der Waals surface area contributed by atoms with E-state index in [1.807, 2.05) is 24.3 Å². The van der Waals surface area contributed by atoms with Gasteiger partial charge in [-0.15, -0.1) is 10.2 Å². The summed E-state index contributed by atoms with van der Waals surface area (Å²) in [7, 11) is 0. The number of aromatic nitrogens is 2. The lowest BCUT2D eigenvalue weighted by Gasteiger charge is -2.32. The highest BCUT2D eigenvalue weighted by Crippen LogP contribution is 2.54. The number of rotatable bonds is 5. The predicted molar refractivity (Wildman–Crippen MR) is 158 cm³/mol. The first-order valence-corrected chi connectivity index (χ1v) is 14.4. The van der Waals surface area contributed by atoms with Crippen LogP contribution in [0, 0.1) is 5.92 Å². The van der Waals surface area contributed by atoms with Crippen molar-refractivity contribution in [2.45, 2.75) is 32.4 Å². The quantitative estimate of drug-likeness (QED) is 0.254. The molecule has 0 aliphatic carbocycles. The molecule has 0 bridgehead atoms. The van der Waals surface area contributed by atoms with Gasteiger partial charge < -0.3 is 9.32 Å². The number of anilines is 2. The summed E-state index contributed by atoms with van der Waals surface area (Å²) in [4.78, 5) is 46.4. The Hall–Kier alpha value is -4.34. The second-order valence-electron chi connectivity index (χ2n) is 10.6. The Morgan fingerprint density at radius 2 is 1.68 bits per heavy atom. The van der Waals surface area contributed by atoms with E-state index in [4.69, 9.17) is 16.0 Å². The number of para-hydroxylation sites is 2. The molecule has 4 heterocycles. The van der Waals surface area contributed by atoms with Crippen LogP contribution in [0.25, 0.3) is 11.0 Å². The number of carbonyl (C=O) groups excluding carboxylic acids is 2. The Labute approximate surface area is 243 Å². The number of hydrogen-bond acceptors (Lipinski definition) is 7. The van der Waals surface area contributed by atoms with Crippen LogP contribution in [0.4, 0.5) is 10.8 Å². The standard InChI is InChI=1S/C31H23ClN4O4S/c1-17(2)15-24-33-34-30(41-24)36-28(38)27-25(26(37)20-7-3-6-10-23(20)40-27)31(36)21-8-4-5-9-22(21)35(29(31)39)16-18-11-13-19(32)14-12-18/h3-14,17H,15-16H2,1-2H3. The van der Waals surface area contributed by atoms with Crippen LogP contribution in [-0.2, 0) is 23.3 Å². The van der Waals surface area contributed by atoms with Gasteiger partial charge in [0.05, 0.1) is 23.2 Å². The summed E-state index contributed by atoms with van der Waals surface area (Å²) >= 11 is 7.35. The number of hydrogen-bond donors (Lipinski definition) is 0. The van der Waals surface area contributed by atoms with Gasteiger partial charge in [-0.1, -0.05) is 79.2 Å². The third-order valence-electron chi connectivity index (χ3n) is 7.52. The van der Waals surface area contributed by atoms with E-state index in [1.165, 1.54) is 16.2 Å². The molecule has 2 amide bonds. The molecule has 0 fully saturated rings. The molecule has 0 saturated heterocycles. The van der Waals surface area contributed by atoms with Gasteiger partial charge in [0.15, 0.2) is 11.0 Å². The van der Waals surface area contributed by atoms with Crippen LogP contribution in [-0.4, -0.2) is 22.0 Å². The molecule has 0 N–H and O–H groups in total. The normalized spacial score (nSPS) is 17.8. The Bertz CT molecular complexity index is 1930. The zero-order valence-corrected chi connectivity index (χ0v) is 23.7. The maximum Gasteiger partial charge on any atom is 0.297 e. The van der Waals surface area contributed by atoms with Gasteiger partial charge in [0, 0.05) is 17.0 Å². The summed E-state index contributed by atoms with van der Waals surface area (Å²) in [5.41, 5.74) is -0.0254. The van der Waals surface area contributed by atoms with Crippen molar-refractivity contribution in [1.29, 1.82) is 0 Å². The molecular weight excluding hydrogens is 560 g/mol. The number of halogens is 1. The molecule has 1 spiro atoms. The first-order chi connectivity index (χ1) is 19.8. The number of amides is 2. The summed E-state index contributed by atoms with van der Waals surface area (Å²) in [5, 5.41) is 10.5. The average Bonchev–Trinajstić information content (AvgIpc) is 3.59. The summed E-state index contributed by atoms with van der Waals surface area (Å²) in [6.07, 6.45) is 0.661. The summed E-state index contributed by atoms with van der Waals surface area (Å²) in [6, 6.07) is 21.2. The first kappa shape index (κ1) is 25.6. The lowest BCUT2D eigenvalue weighted by molar-refractivity contribution is -0.121. The molecule has 204 valence electrons. The molecule has 1 unspecified atom stereocenters. The fraction of sp³-hybridized carbons (Fsp3) is 0.194. The molecule has 7 rings (SSSR count). The number of carbonyl (C=O) groups is 2. The van der Waals surface area contributed by atoms with Crippen LogP contribution < -0.4 is 15.2 Å². The van der Waals surface area contributed by atoms with E-state index in [9.17, 15) is 14.4 Å². The van der Waals surface area contributed by atoms with Crippen LogP contribution in [0.1, 0.15) is 46.1 Å².